The Bertz CT molecular complexity index is 1230. The SMILES string of the molecule is COC(=O)c1cccc(NC(=O)c2ccc(N(Cc3ccc(Cl)cc3)S(C)(=O)=O)cc2)c1. The Hall–Kier alpha value is -3.36. The van der Waals surface area contributed by atoms with Crippen LogP contribution in [0.15, 0.2) is 72.8 Å². The number of carbonyl (C=O) groups excluding carboxylic acids is 2. The number of sulfonamides is 1. The van der Waals surface area contributed by atoms with Crippen LogP contribution in [0.2, 0.25) is 5.02 Å². The molecule has 1 amide bonds. The van der Waals surface area contributed by atoms with E-state index in [0.717, 1.165) is 11.8 Å². The van der Waals surface area contributed by atoms with Crippen LogP contribution in [0.25, 0.3) is 0 Å². The Morgan fingerprint density at radius 3 is 2.22 bits per heavy atom. The summed E-state index contributed by atoms with van der Waals surface area (Å²) in [4.78, 5) is 24.3. The van der Waals surface area contributed by atoms with Crippen molar-refractivity contribution in [3.8, 4) is 0 Å². The molecule has 0 aromatic heterocycles. The highest BCUT2D eigenvalue weighted by Crippen LogP contribution is 2.23. The molecule has 0 unspecified atom stereocenters. The molecule has 1 N–H and O–H groups in total. The van der Waals surface area contributed by atoms with Crippen molar-refractivity contribution in [2.24, 2.45) is 0 Å². The van der Waals surface area contributed by atoms with Crippen LogP contribution in [-0.2, 0) is 21.3 Å². The van der Waals surface area contributed by atoms with Crippen LogP contribution in [0.3, 0.4) is 0 Å². The van der Waals surface area contributed by atoms with Crippen LogP contribution < -0.4 is 9.62 Å². The molecule has 0 radical (unpaired) electrons. The lowest BCUT2D eigenvalue weighted by Crippen LogP contribution is -2.29. The van der Waals surface area contributed by atoms with E-state index in [4.69, 9.17) is 11.6 Å². The van der Waals surface area contributed by atoms with Gasteiger partial charge in [0.2, 0.25) is 10.0 Å². The average molecular weight is 473 g/mol. The maximum absolute atomic E-state index is 12.6. The molecule has 0 saturated heterocycles. The fraction of sp³-hybridized carbons (Fsp3) is 0.130. The first kappa shape index (κ1) is 23.3. The highest BCUT2D eigenvalue weighted by molar-refractivity contribution is 7.92. The van der Waals surface area contributed by atoms with Gasteiger partial charge in [0.05, 0.1) is 31.2 Å². The van der Waals surface area contributed by atoms with Crippen LogP contribution in [0.4, 0.5) is 11.4 Å². The van der Waals surface area contributed by atoms with Gasteiger partial charge in [0.25, 0.3) is 5.91 Å². The summed E-state index contributed by atoms with van der Waals surface area (Å²) in [5, 5.41) is 3.27. The van der Waals surface area contributed by atoms with E-state index in [1.165, 1.54) is 29.6 Å². The third kappa shape index (κ3) is 5.87. The summed E-state index contributed by atoms with van der Waals surface area (Å²) >= 11 is 5.90. The van der Waals surface area contributed by atoms with Gasteiger partial charge in [-0.05, 0) is 60.2 Å². The summed E-state index contributed by atoms with van der Waals surface area (Å²) in [6.07, 6.45) is 1.12. The lowest BCUT2D eigenvalue weighted by atomic mass is 10.1. The van der Waals surface area contributed by atoms with Crippen molar-refractivity contribution in [2.75, 3.05) is 23.0 Å². The number of methoxy groups -OCH3 is 1. The lowest BCUT2D eigenvalue weighted by Gasteiger charge is -2.23. The van der Waals surface area contributed by atoms with Crippen molar-refractivity contribution < 1.29 is 22.7 Å². The number of carbonyl (C=O) groups is 2. The second-order valence-electron chi connectivity index (χ2n) is 6.97. The number of nitrogens with zero attached hydrogens (tertiary/aromatic N) is 1. The van der Waals surface area contributed by atoms with Gasteiger partial charge in [0.15, 0.2) is 0 Å². The normalized spacial score (nSPS) is 11.0. The summed E-state index contributed by atoms with van der Waals surface area (Å²) in [5.41, 5.74) is 2.27. The van der Waals surface area contributed by atoms with Crippen molar-refractivity contribution in [3.63, 3.8) is 0 Å². The number of esters is 1. The number of ether oxygens (including phenoxy) is 1. The molecule has 32 heavy (non-hydrogen) atoms. The molecule has 0 aliphatic heterocycles. The van der Waals surface area contributed by atoms with Gasteiger partial charge < -0.3 is 10.1 Å². The van der Waals surface area contributed by atoms with Gasteiger partial charge >= 0.3 is 5.97 Å². The molecule has 0 atom stereocenters. The molecule has 3 rings (SSSR count). The second kappa shape index (κ2) is 9.84. The third-order valence-electron chi connectivity index (χ3n) is 4.60. The zero-order valence-electron chi connectivity index (χ0n) is 17.4. The Kier molecular flexibility index (Phi) is 7.17. The Morgan fingerprint density at radius 2 is 1.62 bits per heavy atom. The highest BCUT2D eigenvalue weighted by atomic mass is 35.5. The number of amides is 1. The van der Waals surface area contributed by atoms with E-state index in [9.17, 15) is 18.0 Å². The third-order valence-corrected chi connectivity index (χ3v) is 5.99. The molecular weight excluding hydrogens is 452 g/mol. The van der Waals surface area contributed by atoms with Crippen molar-refractivity contribution >= 4 is 44.9 Å². The molecule has 3 aromatic rings. The van der Waals surface area contributed by atoms with E-state index < -0.39 is 21.9 Å². The second-order valence-corrected chi connectivity index (χ2v) is 9.31. The lowest BCUT2D eigenvalue weighted by molar-refractivity contribution is 0.0600. The first-order valence-corrected chi connectivity index (χ1v) is 11.7. The Balaban J connectivity index is 1.78. The van der Waals surface area contributed by atoms with Crippen molar-refractivity contribution in [1.82, 2.24) is 0 Å². The standard InChI is InChI=1S/C23H21ClN2O5S/c1-31-23(28)18-4-3-5-20(14-18)25-22(27)17-8-12-21(13-9-17)26(32(2,29)30)15-16-6-10-19(24)11-7-16/h3-14H,15H2,1-2H3,(H,25,27). The summed E-state index contributed by atoms with van der Waals surface area (Å²) in [5.74, 6) is -0.908. The van der Waals surface area contributed by atoms with E-state index in [2.05, 4.69) is 10.1 Å². The maximum atomic E-state index is 12.6. The van der Waals surface area contributed by atoms with Crippen molar-refractivity contribution in [1.29, 1.82) is 0 Å². The minimum Gasteiger partial charge on any atom is -0.465 e. The summed E-state index contributed by atoms with van der Waals surface area (Å²) in [7, 11) is -2.29. The summed E-state index contributed by atoms with van der Waals surface area (Å²) < 4.78 is 30.6. The molecule has 9 heteroatoms. The van der Waals surface area contributed by atoms with E-state index in [0.29, 0.717) is 27.5 Å². The smallest absolute Gasteiger partial charge is 0.337 e. The van der Waals surface area contributed by atoms with Crippen molar-refractivity contribution in [2.45, 2.75) is 6.54 Å². The van der Waals surface area contributed by atoms with Crippen LogP contribution >= 0.6 is 11.6 Å². The van der Waals surface area contributed by atoms with Gasteiger partial charge in [-0.15, -0.1) is 0 Å². The molecule has 0 aliphatic carbocycles. The van der Waals surface area contributed by atoms with E-state index in [1.54, 1.807) is 54.6 Å². The largest absolute Gasteiger partial charge is 0.465 e. The highest BCUT2D eigenvalue weighted by Gasteiger charge is 2.19. The molecule has 7 nitrogen and oxygen atoms in total. The van der Waals surface area contributed by atoms with Gasteiger partial charge in [0, 0.05) is 16.3 Å². The number of halogens is 1. The number of nitrogens with one attached hydrogen (secondary N) is 1. The molecular formula is C23H21ClN2O5S. The first-order valence-electron chi connectivity index (χ1n) is 9.49. The maximum Gasteiger partial charge on any atom is 0.337 e. The minimum absolute atomic E-state index is 0.127. The fourth-order valence-electron chi connectivity index (χ4n) is 2.98. The average Bonchev–Trinajstić information content (AvgIpc) is 2.77. The summed E-state index contributed by atoms with van der Waals surface area (Å²) in [6, 6.07) is 19.5. The monoisotopic (exact) mass is 472 g/mol. The molecule has 3 aromatic carbocycles. The molecule has 0 spiro atoms. The Morgan fingerprint density at radius 1 is 0.969 bits per heavy atom. The molecule has 166 valence electrons. The predicted molar refractivity (Wildman–Crippen MR) is 125 cm³/mol. The van der Waals surface area contributed by atoms with Crippen LogP contribution in [0.5, 0.6) is 0 Å². The Labute approximate surface area is 191 Å². The van der Waals surface area contributed by atoms with E-state index in [1.807, 2.05) is 0 Å². The van der Waals surface area contributed by atoms with Gasteiger partial charge in [-0.1, -0.05) is 29.8 Å². The molecule has 0 saturated carbocycles. The van der Waals surface area contributed by atoms with Gasteiger partial charge in [-0.25, -0.2) is 13.2 Å². The number of rotatable bonds is 7. The molecule has 0 aliphatic rings. The topological polar surface area (TPSA) is 92.8 Å². The molecule has 0 fully saturated rings. The van der Waals surface area contributed by atoms with Crippen LogP contribution in [-0.4, -0.2) is 33.7 Å². The predicted octanol–water partition coefficient (Wildman–Crippen LogP) is 4.35. The van der Waals surface area contributed by atoms with Crippen LogP contribution in [0.1, 0.15) is 26.3 Å². The molecule has 0 bridgehead atoms. The molecule has 0 heterocycles. The zero-order chi connectivity index (χ0) is 23.3. The minimum atomic E-state index is -3.57. The number of benzene rings is 3. The van der Waals surface area contributed by atoms with E-state index >= 15 is 0 Å². The quantitative estimate of drug-likeness (QED) is 0.516. The number of hydrogen-bond acceptors (Lipinski definition) is 5. The van der Waals surface area contributed by atoms with Gasteiger partial charge in [0.1, 0.15) is 0 Å². The zero-order valence-corrected chi connectivity index (χ0v) is 19.0. The number of hydrogen-bond donors (Lipinski definition) is 1. The van der Waals surface area contributed by atoms with Crippen LogP contribution in [0, 0.1) is 0 Å². The first-order chi connectivity index (χ1) is 15.2. The van der Waals surface area contributed by atoms with Crippen molar-refractivity contribution in [3.05, 3.63) is 94.5 Å². The fourth-order valence-corrected chi connectivity index (χ4v) is 3.99. The van der Waals surface area contributed by atoms with Gasteiger partial charge in [-0.2, -0.15) is 0 Å². The number of anilines is 2. The summed E-state index contributed by atoms with van der Waals surface area (Å²) in [6.45, 7) is 0.127. The van der Waals surface area contributed by atoms with E-state index in [-0.39, 0.29) is 6.54 Å². The van der Waals surface area contributed by atoms with Gasteiger partial charge in [-0.3, -0.25) is 9.10 Å².